The Hall–Kier alpha value is -1.86. The summed E-state index contributed by atoms with van der Waals surface area (Å²) in [5, 5.41) is 9.75. The van der Waals surface area contributed by atoms with Gasteiger partial charge in [0.25, 0.3) is 0 Å². The molecule has 98 valence electrons. The Morgan fingerprint density at radius 3 is 2.74 bits per heavy atom. The summed E-state index contributed by atoms with van der Waals surface area (Å²) in [6.07, 6.45) is 0. The molecule has 1 aromatic carbocycles. The molecule has 0 saturated heterocycles. The van der Waals surface area contributed by atoms with Gasteiger partial charge in [0.15, 0.2) is 0 Å². The highest BCUT2D eigenvalue weighted by atomic mass is 32.1. The molecule has 1 aromatic heterocycles. The first-order chi connectivity index (χ1) is 9.11. The summed E-state index contributed by atoms with van der Waals surface area (Å²) in [7, 11) is 0. The van der Waals surface area contributed by atoms with Gasteiger partial charge in [0.2, 0.25) is 0 Å². The zero-order chi connectivity index (χ0) is 13.8. The molecule has 0 bridgehead atoms. The van der Waals surface area contributed by atoms with Crippen LogP contribution in [0.1, 0.15) is 40.9 Å². The van der Waals surface area contributed by atoms with Crippen molar-refractivity contribution in [3.63, 3.8) is 0 Å². The topological polar surface area (TPSA) is 45.9 Å². The van der Waals surface area contributed by atoms with Gasteiger partial charge >= 0.3 is 0 Å². The molecule has 1 heterocycles. The van der Waals surface area contributed by atoms with E-state index in [1.54, 1.807) is 0 Å². The van der Waals surface area contributed by atoms with Crippen LogP contribution in [-0.4, -0.2) is 4.98 Å². The zero-order valence-electron chi connectivity index (χ0n) is 11.3. The molecular weight excluding hydrogens is 256 g/mol. The molecule has 0 radical (unpaired) electrons. The van der Waals surface area contributed by atoms with Crippen LogP contribution in [0.5, 0.6) is 5.75 Å². The van der Waals surface area contributed by atoms with E-state index < -0.39 is 0 Å². The molecule has 3 nitrogen and oxygen atoms in total. The number of benzene rings is 1. The highest BCUT2D eigenvalue weighted by Crippen LogP contribution is 2.27. The van der Waals surface area contributed by atoms with Crippen LogP contribution in [0.25, 0.3) is 0 Å². The fourth-order valence-corrected chi connectivity index (χ4v) is 2.62. The van der Waals surface area contributed by atoms with Gasteiger partial charge < -0.3 is 4.74 Å². The van der Waals surface area contributed by atoms with Gasteiger partial charge in [-0.15, -0.1) is 11.3 Å². The highest BCUT2D eigenvalue weighted by molar-refractivity contribution is 7.12. The average molecular weight is 272 g/mol. The smallest absolute Gasteiger partial charge is 0.140 e. The van der Waals surface area contributed by atoms with Crippen molar-refractivity contribution in [2.24, 2.45) is 0 Å². The number of thiazole rings is 1. The maximum absolute atomic E-state index is 8.91. The summed E-state index contributed by atoms with van der Waals surface area (Å²) >= 11 is 1.40. The fraction of sp³-hybridized carbons (Fsp3) is 0.333. The Morgan fingerprint density at radius 1 is 1.37 bits per heavy atom. The fourth-order valence-electron chi connectivity index (χ4n) is 1.85. The summed E-state index contributed by atoms with van der Waals surface area (Å²) in [5.41, 5.74) is 1.97. The molecule has 2 rings (SSSR count). The number of rotatable bonds is 4. The first kappa shape index (κ1) is 13.6. The van der Waals surface area contributed by atoms with E-state index in [0.717, 1.165) is 16.5 Å². The zero-order valence-corrected chi connectivity index (χ0v) is 12.1. The van der Waals surface area contributed by atoms with Gasteiger partial charge in [0, 0.05) is 0 Å². The van der Waals surface area contributed by atoms with E-state index in [2.05, 4.69) is 31.0 Å². The lowest BCUT2D eigenvalue weighted by Crippen LogP contribution is -1.99. The predicted molar refractivity (Wildman–Crippen MR) is 76.4 cm³/mol. The molecule has 0 aliphatic rings. The molecule has 0 amide bonds. The van der Waals surface area contributed by atoms with Gasteiger partial charge in [-0.1, -0.05) is 32.0 Å². The first-order valence-electron chi connectivity index (χ1n) is 6.20. The van der Waals surface area contributed by atoms with Gasteiger partial charge in [-0.2, -0.15) is 5.26 Å². The lowest BCUT2D eigenvalue weighted by Gasteiger charge is -2.12. The Kier molecular flexibility index (Phi) is 4.18. The Bertz CT molecular complexity index is 611. The Morgan fingerprint density at radius 2 is 2.11 bits per heavy atom. The number of nitriles is 1. The molecule has 0 unspecified atom stereocenters. The van der Waals surface area contributed by atoms with Gasteiger partial charge in [-0.05, 0) is 24.5 Å². The van der Waals surface area contributed by atoms with Gasteiger partial charge in [0.05, 0.1) is 5.69 Å². The molecule has 19 heavy (non-hydrogen) atoms. The lowest BCUT2D eigenvalue weighted by molar-refractivity contribution is 0.301. The summed E-state index contributed by atoms with van der Waals surface area (Å²) in [5.74, 6) is 1.31. The number of ether oxygens (including phenoxy) is 1. The van der Waals surface area contributed by atoms with E-state index in [1.165, 1.54) is 16.9 Å². The highest BCUT2D eigenvalue weighted by Gasteiger charge is 2.10. The van der Waals surface area contributed by atoms with Crippen molar-refractivity contribution < 1.29 is 4.74 Å². The molecule has 0 aliphatic carbocycles. The molecule has 0 fully saturated rings. The van der Waals surface area contributed by atoms with Crippen molar-refractivity contribution in [2.75, 3.05) is 0 Å². The minimum atomic E-state index is 0.414. The van der Waals surface area contributed by atoms with Crippen molar-refractivity contribution >= 4 is 11.3 Å². The normalized spacial score (nSPS) is 10.5. The third kappa shape index (κ3) is 3.12. The van der Waals surface area contributed by atoms with E-state index in [4.69, 9.17) is 10.00 Å². The van der Waals surface area contributed by atoms with E-state index in [-0.39, 0.29) is 0 Å². The average Bonchev–Trinajstić information content (AvgIpc) is 2.77. The van der Waals surface area contributed by atoms with Crippen LogP contribution in [0, 0.1) is 18.3 Å². The molecule has 0 atom stereocenters. The molecule has 0 aliphatic heterocycles. The minimum absolute atomic E-state index is 0.414. The third-order valence-electron chi connectivity index (χ3n) is 2.83. The summed E-state index contributed by atoms with van der Waals surface area (Å²) in [6.45, 7) is 6.55. The standard InChI is InChI=1S/C15H16N2OS/c1-10(2)12-6-4-5-7-13(12)18-9-15-17-11(3)14(8-16)19-15/h4-7,10H,9H2,1-3H3. The Balaban J connectivity index is 2.12. The summed E-state index contributed by atoms with van der Waals surface area (Å²) in [4.78, 5) is 5.00. The summed E-state index contributed by atoms with van der Waals surface area (Å²) in [6, 6.07) is 10.2. The van der Waals surface area contributed by atoms with Gasteiger partial charge in [-0.3, -0.25) is 0 Å². The number of para-hydroxylation sites is 1. The second-order valence-corrected chi connectivity index (χ2v) is 5.70. The van der Waals surface area contributed by atoms with Crippen molar-refractivity contribution in [3.8, 4) is 11.8 Å². The quantitative estimate of drug-likeness (QED) is 0.844. The number of nitrogens with zero attached hydrogens (tertiary/aromatic N) is 2. The van der Waals surface area contributed by atoms with Crippen LogP contribution in [0.2, 0.25) is 0 Å². The minimum Gasteiger partial charge on any atom is -0.486 e. The van der Waals surface area contributed by atoms with Gasteiger partial charge in [-0.25, -0.2) is 4.98 Å². The number of aryl methyl sites for hydroxylation is 1. The van der Waals surface area contributed by atoms with Crippen LogP contribution < -0.4 is 4.74 Å². The lowest BCUT2D eigenvalue weighted by atomic mass is 10.0. The van der Waals surface area contributed by atoms with Crippen LogP contribution >= 0.6 is 11.3 Å². The molecular formula is C15H16N2OS. The molecule has 0 N–H and O–H groups in total. The van der Waals surface area contributed by atoms with E-state index in [0.29, 0.717) is 17.4 Å². The second-order valence-electron chi connectivity index (χ2n) is 4.62. The largest absolute Gasteiger partial charge is 0.486 e. The van der Waals surface area contributed by atoms with Crippen LogP contribution in [0.4, 0.5) is 0 Å². The molecule has 2 aromatic rings. The predicted octanol–water partition coefficient (Wildman–Crippen LogP) is 4.03. The number of hydrogen-bond donors (Lipinski definition) is 0. The molecule has 0 saturated carbocycles. The number of hydrogen-bond acceptors (Lipinski definition) is 4. The van der Waals surface area contributed by atoms with Crippen LogP contribution in [-0.2, 0) is 6.61 Å². The first-order valence-corrected chi connectivity index (χ1v) is 7.01. The van der Waals surface area contributed by atoms with Crippen molar-refractivity contribution in [2.45, 2.75) is 33.3 Å². The molecule has 4 heteroatoms. The number of aromatic nitrogens is 1. The SMILES string of the molecule is Cc1nc(COc2ccccc2C(C)C)sc1C#N. The van der Waals surface area contributed by atoms with Crippen molar-refractivity contribution in [3.05, 3.63) is 45.4 Å². The second kappa shape index (κ2) is 5.85. The Labute approximate surface area is 117 Å². The van der Waals surface area contributed by atoms with E-state index >= 15 is 0 Å². The van der Waals surface area contributed by atoms with Crippen LogP contribution in [0.15, 0.2) is 24.3 Å². The van der Waals surface area contributed by atoms with E-state index in [1.807, 2.05) is 25.1 Å². The van der Waals surface area contributed by atoms with Gasteiger partial charge in [0.1, 0.15) is 28.3 Å². The molecule has 0 spiro atoms. The maximum atomic E-state index is 8.91. The van der Waals surface area contributed by atoms with Crippen molar-refractivity contribution in [1.29, 1.82) is 5.26 Å². The van der Waals surface area contributed by atoms with Crippen molar-refractivity contribution in [1.82, 2.24) is 4.98 Å². The third-order valence-corrected chi connectivity index (χ3v) is 3.87. The van der Waals surface area contributed by atoms with E-state index in [9.17, 15) is 0 Å². The maximum Gasteiger partial charge on any atom is 0.140 e. The van der Waals surface area contributed by atoms with Crippen LogP contribution in [0.3, 0.4) is 0 Å². The summed E-state index contributed by atoms with van der Waals surface area (Å²) < 4.78 is 5.84. The monoisotopic (exact) mass is 272 g/mol.